The summed E-state index contributed by atoms with van der Waals surface area (Å²) >= 11 is 0. The van der Waals surface area contributed by atoms with Crippen LogP contribution in [0.1, 0.15) is 0 Å². The van der Waals surface area contributed by atoms with E-state index in [2.05, 4.69) is 21.5 Å². The first kappa shape index (κ1) is 21.2. The van der Waals surface area contributed by atoms with Crippen LogP contribution < -0.4 is 4.74 Å². The number of aromatic nitrogens is 3. The highest BCUT2D eigenvalue weighted by Gasteiger charge is 2.22. The third kappa shape index (κ3) is 4.07. The van der Waals surface area contributed by atoms with Gasteiger partial charge in [-0.1, -0.05) is 6.58 Å². The first-order valence-electron chi connectivity index (χ1n) is 9.86. The van der Waals surface area contributed by atoms with Crippen molar-refractivity contribution in [2.24, 2.45) is 0 Å². The molecule has 0 radical (unpaired) electrons. The van der Waals surface area contributed by atoms with E-state index < -0.39 is 11.6 Å². The van der Waals surface area contributed by atoms with Crippen molar-refractivity contribution in [3.05, 3.63) is 79.3 Å². The number of pyridine rings is 2. The second-order valence-corrected chi connectivity index (χ2v) is 7.08. The van der Waals surface area contributed by atoms with Gasteiger partial charge in [0, 0.05) is 36.1 Å². The normalized spacial score (nSPS) is 10.8. The zero-order valence-electron chi connectivity index (χ0n) is 17.3. The zero-order valence-corrected chi connectivity index (χ0v) is 17.3. The smallest absolute Gasteiger partial charge is 0.245 e. The molecule has 3 aromatic heterocycles. The third-order valence-electron chi connectivity index (χ3n) is 5.04. The second kappa shape index (κ2) is 8.97. The number of benzene rings is 1. The maximum atomic E-state index is 14.8. The lowest BCUT2D eigenvalue weighted by Crippen LogP contribution is -2.29. The molecule has 0 atom stereocenters. The summed E-state index contributed by atoms with van der Waals surface area (Å²) in [5.41, 5.74) is 2.81. The Labute approximate surface area is 183 Å². The lowest BCUT2D eigenvalue weighted by molar-refractivity contribution is -0.125. The maximum absolute atomic E-state index is 14.8. The SMILES string of the molecule is C=CC(=O)N(C)CCOc1cnccc1-c1[nH]c2cccnc2c1-c1cc(F)ccc1F. The van der Waals surface area contributed by atoms with Gasteiger partial charge in [-0.3, -0.25) is 14.8 Å². The van der Waals surface area contributed by atoms with Gasteiger partial charge >= 0.3 is 0 Å². The Hall–Kier alpha value is -4.07. The summed E-state index contributed by atoms with van der Waals surface area (Å²) in [5, 5.41) is 0. The fourth-order valence-corrected chi connectivity index (χ4v) is 3.43. The number of amides is 1. The van der Waals surface area contributed by atoms with Crippen molar-refractivity contribution in [2.75, 3.05) is 20.2 Å². The Morgan fingerprint density at radius 3 is 2.88 bits per heavy atom. The van der Waals surface area contributed by atoms with E-state index in [1.807, 2.05) is 6.07 Å². The van der Waals surface area contributed by atoms with Crippen LogP contribution in [0.4, 0.5) is 8.78 Å². The second-order valence-electron chi connectivity index (χ2n) is 7.08. The fourth-order valence-electron chi connectivity index (χ4n) is 3.43. The van der Waals surface area contributed by atoms with E-state index in [1.165, 1.54) is 17.2 Å². The van der Waals surface area contributed by atoms with Crippen molar-refractivity contribution >= 4 is 16.9 Å². The molecule has 1 aromatic carbocycles. The van der Waals surface area contributed by atoms with Crippen molar-refractivity contribution in [3.8, 4) is 28.1 Å². The van der Waals surface area contributed by atoms with E-state index in [-0.39, 0.29) is 18.1 Å². The predicted molar refractivity (Wildman–Crippen MR) is 118 cm³/mol. The van der Waals surface area contributed by atoms with Crippen LogP contribution in [0.5, 0.6) is 5.75 Å². The Bertz CT molecular complexity index is 1300. The number of hydrogen-bond donors (Lipinski definition) is 1. The topological polar surface area (TPSA) is 71.1 Å². The molecular weight excluding hydrogens is 414 g/mol. The summed E-state index contributed by atoms with van der Waals surface area (Å²) in [5.74, 6) is -0.916. The molecule has 0 aliphatic heterocycles. The third-order valence-corrected chi connectivity index (χ3v) is 5.04. The van der Waals surface area contributed by atoms with Crippen molar-refractivity contribution in [3.63, 3.8) is 0 Å². The average molecular weight is 434 g/mol. The van der Waals surface area contributed by atoms with Gasteiger partial charge in [0.05, 0.1) is 29.5 Å². The highest BCUT2D eigenvalue weighted by molar-refractivity contribution is 6.02. The van der Waals surface area contributed by atoms with Crippen molar-refractivity contribution in [2.45, 2.75) is 0 Å². The van der Waals surface area contributed by atoms with E-state index in [0.29, 0.717) is 40.1 Å². The van der Waals surface area contributed by atoms with Gasteiger partial charge in [-0.15, -0.1) is 0 Å². The summed E-state index contributed by atoms with van der Waals surface area (Å²) in [6.07, 6.45) is 5.94. The monoisotopic (exact) mass is 434 g/mol. The molecule has 162 valence electrons. The van der Waals surface area contributed by atoms with Crippen molar-refractivity contribution < 1.29 is 18.3 Å². The molecule has 0 bridgehead atoms. The number of rotatable bonds is 7. The molecule has 0 spiro atoms. The molecule has 6 nitrogen and oxygen atoms in total. The van der Waals surface area contributed by atoms with Gasteiger partial charge in [0.25, 0.3) is 0 Å². The van der Waals surface area contributed by atoms with Gasteiger partial charge in [0.15, 0.2) is 0 Å². The quantitative estimate of drug-likeness (QED) is 0.432. The molecule has 32 heavy (non-hydrogen) atoms. The minimum Gasteiger partial charge on any atom is -0.489 e. The van der Waals surface area contributed by atoms with E-state index >= 15 is 0 Å². The molecule has 0 saturated heterocycles. The van der Waals surface area contributed by atoms with Gasteiger partial charge in [0.1, 0.15) is 24.0 Å². The number of likely N-dealkylation sites (N-methyl/N-ethyl adjacent to an activating group) is 1. The number of nitrogens with zero attached hydrogens (tertiary/aromatic N) is 3. The molecule has 1 N–H and O–H groups in total. The summed E-state index contributed by atoms with van der Waals surface area (Å²) in [7, 11) is 1.64. The molecule has 3 heterocycles. The number of ether oxygens (including phenoxy) is 1. The van der Waals surface area contributed by atoms with Gasteiger partial charge in [-0.05, 0) is 42.5 Å². The van der Waals surface area contributed by atoms with Crippen LogP contribution in [0, 0.1) is 11.6 Å². The Balaban J connectivity index is 1.79. The number of nitrogens with one attached hydrogen (secondary N) is 1. The van der Waals surface area contributed by atoms with E-state index in [4.69, 9.17) is 4.74 Å². The molecule has 0 saturated carbocycles. The molecule has 0 aliphatic carbocycles. The first-order chi connectivity index (χ1) is 15.5. The molecule has 0 unspecified atom stereocenters. The van der Waals surface area contributed by atoms with Crippen LogP contribution in [0.2, 0.25) is 0 Å². The van der Waals surface area contributed by atoms with Crippen molar-refractivity contribution in [1.82, 2.24) is 19.9 Å². The number of carbonyl (C=O) groups is 1. The summed E-state index contributed by atoms with van der Waals surface area (Å²) in [6.45, 7) is 4.00. The van der Waals surface area contributed by atoms with Crippen LogP contribution in [-0.4, -0.2) is 46.0 Å². The van der Waals surface area contributed by atoms with Gasteiger partial charge in [-0.25, -0.2) is 8.78 Å². The molecular formula is C24H20F2N4O2. The van der Waals surface area contributed by atoms with Gasteiger partial charge in [-0.2, -0.15) is 0 Å². The van der Waals surface area contributed by atoms with Crippen LogP contribution in [0.3, 0.4) is 0 Å². The van der Waals surface area contributed by atoms with Crippen molar-refractivity contribution in [1.29, 1.82) is 0 Å². The zero-order chi connectivity index (χ0) is 22.7. The molecule has 1 amide bonds. The van der Waals surface area contributed by atoms with Crippen LogP contribution in [-0.2, 0) is 4.79 Å². The summed E-state index contributed by atoms with van der Waals surface area (Å²) in [4.78, 5) is 24.9. The molecule has 0 aliphatic rings. The Morgan fingerprint density at radius 1 is 1.22 bits per heavy atom. The molecule has 4 aromatic rings. The van der Waals surface area contributed by atoms with Gasteiger partial charge < -0.3 is 14.6 Å². The van der Waals surface area contributed by atoms with E-state index in [0.717, 1.165) is 18.2 Å². The number of aromatic amines is 1. The largest absolute Gasteiger partial charge is 0.489 e. The number of carbonyl (C=O) groups excluding carboxylic acids is 1. The Morgan fingerprint density at radius 2 is 2.06 bits per heavy atom. The first-order valence-corrected chi connectivity index (χ1v) is 9.86. The van der Waals surface area contributed by atoms with E-state index in [9.17, 15) is 13.6 Å². The number of hydrogen-bond acceptors (Lipinski definition) is 4. The predicted octanol–water partition coefficient (Wildman–Crippen LogP) is 4.59. The number of fused-ring (bicyclic) bond motifs is 1. The lowest BCUT2D eigenvalue weighted by Gasteiger charge is -2.17. The van der Waals surface area contributed by atoms with Crippen LogP contribution in [0.25, 0.3) is 33.4 Å². The van der Waals surface area contributed by atoms with Crippen LogP contribution in [0.15, 0.2) is 67.6 Å². The Kier molecular flexibility index (Phi) is 5.93. The average Bonchev–Trinajstić information content (AvgIpc) is 3.19. The van der Waals surface area contributed by atoms with Crippen LogP contribution >= 0.6 is 0 Å². The molecule has 0 fully saturated rings. The fraction of sp³-hybridized carbons (Fsp3) is 0.125. The maximum Gasteiger partial charge on any atom is 0.245 e. The minimum atomic E-state index is -0.569. The van der Waals surface area contributed by atoms with E-state index in [1.54, 1.807) is 31.6 Å². The number of halogens is 2. The summed E-state index contributed by atoms with van der Waals surface area (Å²) < 4.78 is 34.7. The molecule has 4 rings (SSSR count). The molecule has 8 heteroatoms. The van der Waals surface area contributed by atoms with Gasteiger partial charge in [0.2, 0.25) is 5.91 Å². The number of H-pyrrole nitrogens is 1. The highest BCUT2D eigenvalue weighted by atomic mass is 19.1. The summed E-state index contributed by atoms with van der Waals surface area (Å²) in [6, 6.07) is 8.59. The minimum absolute atomic E-state index is 0.0871. The standard InChI is InChI=1S/C24H20F2N4O2/c1-3-21(31)30(2)11-12-32-20-14-27-10-8-16(20)23-22(17-13-15(25)6-7-18(17)26)24-19(29-23)5-4-9-28-24/h3-10,13-14,29H,1,11-12H2,2H3. The lowest BCUT2D eigenvalue weighted by atomic mass is 10.00. The highest BCUT2D eigenvalue weighted by Crippen LogP contribution is 2.41.